The van der Waals surface area contributed by atoms with E-state index in [4.69, 9.17) is 0 Å². The van der Waals surface area contributed by atoms with Crippen molar-refractivity contribution in [1.82, 2.24) is 10.6 Å². The molecule has 7 heteroatoms. The molecule has 20 heavy (non-hydrogen) atoms. The highest BCUT2D eigenvalue weighted by Crippen LogP contribution is 2.16. The van der Waals surface area contributed by atoms with Crippen molar-refractivity contribution in [2.24, 2.45) is 0 Å². The average Bonchev–Trinajstić information content (AvgIpc) is 2.91. The number of hydrogen-bond donors (Lipinski definition) is 2. The maximum Gasteiger partial charge on any atom is 0.272 e. The predicted molar refractivity (Wildman–Crippen MR) is 71.0 cm³/mol. The van der Waals surface area contributed by atoms with Gasteiger partial charge >= 0.3 is 0 Å². The van der Waals surface area contributed by atoms with Crippen LogP contribution < -0.4 is 10.6 Å². The van der Waals surface area contributed by atoms with Crippen LogP contribution in [-0.4, -0.2) is 30.0 Å². The van der Waals surface area contributed by atoms with Gasteiger partial charge in [0, 0.05) is 18.7 Å². The predicted octanol–water partition coefficient (Wildman–Crippen LogP) is 1.61. The molecule has 1 atom stereocenters. The zero-order valence-corrected chi connectivity index (χ0v) is 10.9. The third kappa shape index (κ3) is 3.51. The summed E-state index contributed by atoms with van der Waals surface area (Å²) in [5, 5.41) is 16.4. The molecule has 1 aromatic carbocycles. The highest BCUT2D eigenvalue weighted by Gasteiger charge is 2.17. The van der Waals surface area contributed by atoms with Crippen LogP contribution in [0.4, 0.5) is 10.1 Å². The molecule has 2 N–H and O–H groups in total. The zero-order valence-electron chi connectivity index (χ0n) is 10.9. The third-order valence-electron chi connectivity index (χ3n) is 3.35. The van der Waals surface area contributed by atoms with Crippen LogP contribution >= 0.6 is 0 Å². The Labute approximate surface area is 115 Å². The van der Waals surface area contributed by atoms with E-state index in [1.165, 1.54) is 0 Å². The minimum atomic E-state index is -0.879. The van der Waals surface area contributed by atoms with Gasteiger partial charge in [0.15, 0.2) is 0 Å². The molecule has 1 aromatic rings. The van der Waals surface area contributed by atoms with Crippen LogP contribution in [0.2, 0.25) is 0 Å². The number of nitro benzene ring substituents is 1. The Bertz CT molecular complexity index is 516. The standard InChI is InChI=1S/C13H16FN3O3/c14-12-8-10(17(19)20)3-4-11(12)13(18)16-7-5-9-2-1-6-15-9/h3-4,8-9,15H,1-2,5-7H2,(H,16,18)/t9-/m1/s1. The summed E-state index contributed by atoms with van der Waals surface area (Å²) in [4.78, 5) is 21.6. The van der Waals surface area contributed by atoms with Crippen LogP contribution in [0, 0.1) is 15.9 Å². The molecule has 1 aliphatic rings. The van der Waals surface area contributed by atoms with Crippen LogP contribution in [0.1, 0.15) is 29.6 Å². The molecule has 0 bridgehead atoms. The van der Waals surface area contributed by atoms with Gasteiger partial charge in [-0.15, -0.1) is 0 Å². The van der Waals surface area contributed by atoms with Crippen molar-refractivity contribution >= 4 is 11.6 Å². The van der Waals surface area contributed by atoms with E-state index in [1.807, 2.05) is 0 Å². The second-order valence-electron chi connectivity index (χ2n) is 4.76. The first-order chi connectivity index (χ1) is 9.58. The minimum Gasteiger partial charge on any atom is -0.352 e. The lowest BCUT2D eigenvalue weighted by atomic mass is 10.1. The number of rotatable bonds is 5. The highest BCUT2D eigenvalue weighted by atomic mass is 19.1. The van der Waals surface area contributed by atoms with Crippen LogP contribution in [0.5, 0.6) is 0 Å². The van der Waals surface area contributed by atoms with Crippen LogP contribution in [0.25, 0.3) is 0 Å². The van der Waals surface area contributed by atoms with E-state index in [0.717, 1.165) is 44.0 Å². The maximum absolute atomic E-state index is 13.6. The van der Waals surface area contributed by atoms with Gasteiger partial charge in [-0.2, -0.15) is 0 Å². The van der Waals surface area contributed by atoms with Gasteiger partial charge in [-0.05, 0) is 31.9 Å². The fourth-order valence-electron chi connectivity index (χ4n) is 2.26. The summed E-state index contributed by atoms with van der Waals surface area (Å²) in [6, 6.07) is 3.41. The number of carbonyl (C=O) groups is 1. The molecule has 1 saturated heterocycles. The first-order valence-electron chi connectivity index (χ1n) is 6.53. The van der Waals surface area contributed by atoms with Crippen molar-refractivity contribution < 1.29 is 14.1 Å². The lowest BCUT2D eigenvalue weighted by Crippen LogP contribution is -2.31. The number of hydrogen-bond acceptors (Lipinski definition) is 4. The molecule has 6 nitrogen and oxygen atoms in total. The summed E-state index contributed by atoms with van der Waals surface area (Å²) in [5.74, 6) is -1.42. The summed E-state index contributed by atoms with van der Waals surface area (Å²) >= 11 is 0. The number of benzene rings is 1. The molecule has 0 unspecified atom stereocenters. The fourth-order valence-corrected chi connectivity index (χ4v) is 2.26. The lowest BCUT2D eigenvalue weighted by molar-refractivity contribution is -0.385. The van der Waals surface area contributed by atoms with Crippen LogP contribution in [0.3, 0.4) is 0 Å². The summed E-state index contributed by atoms with van der Waals surface area (Å²) < 4.78 is 13.6. The van der Waals surface area contributed by atoms with Crippen molar-refractivity contribution in [2.75, 3.05) is 13.1 Å². The zero-order chi connectivity index (χ0) is 14.5. The molecule has 0 aromatic heterocycles. The Morgan fingerprint density at radius 3 is 2.95 bits per heavy atom. The van der Waals surface area contributed by atoms with Gasteiger partial charge in [0.25, 0.3) is 11.6 Å². The summed E-state index contributed by atoms with van der Waals surface area (Å²) in [6.45, 7) is 1.45. The number of nitro groups is 1. The molecular weight excluding hydrogens is 265 g/mol. The molecule has 1 heterocycles. The summed E-state index contributed by atoms with van der Waals surface area (Å²) in [6.07, 6.45) is 3.01. The largest absolute Gasteiger partial charge is 0.352 e. The molecule has 2 rings (SSSR count). The number of amides is 1. The van der Waals surface area contributed by atoms with Crippen molar-refractivity contribution in [3.05, 3.63) is 39.7 Å². The Morgan fingerprint density at radius 2 is 2.35 bits per heavy atom. The Morgan fingerprint density at radius 1 is 1.55 bits per heavy atom. The van der Waals surface area contributed by atoms with E-state index in [-0.39, 0.29) is 11.3 Å². The monoisotopic (exact) mass is 281 g/mol. The third-order valence-corrected chi connectivity index (χ3v) is 3.35. The van der Waals surface area contributed by atoms with Crippen LogP contribution in [-0.2, 0) is 0 Å². The molecule has 1 aliphatic heterocycles. The van der Waals surface area contributed by atoms with Gasteiger partial charge in [-0.1, -0.05) is 0 Å². The Hall–Kier alpha value is -2.02. The quantitative estimate of drug-likeness (QED) is 0.634. The fraction of sp³-hybridized carbons (Fsp3) is 0.462. The van der Waals surface area contributed by atoms with Crippen molar-refractivity contribution in [3.8, 4) is 0 Å². The summed E-state index contributed by atoms with van der Waals surface area (Å²) in [5.41, 5.74) is -0.538. The molecular formula is C13H16FN3O3. The number of nitrogens with zero attached hydrogens (tertiary/aromatic N) is 1. The summed E-state index contributed by atoms with van der Waals surface area (Å²) in [7, 11) is 0. The molecule has 0 radical (unpaired) electrons. The van der Waals surface area contributed by atoms with Gasteiger partial charge < -0.3 is 10.6 Å². The van der Waals surface area contributed by atoms with Crippen molar-refractivity contribution in [2.45, 2.75) is 25.3 Å². The molecule has 0 spiro atoms. The van der Waals surface area contributed by atoms with E-state index in [1.54, 1.807) is 0 Å². The number of halogens is 1. The minimum absolute atomic E-state index is 0.171. The molecule has 0 aliphatic carbocycles. The first-order valence-corrected chi connectivity index (χ1v) is 6.53. The van der Waals surface area contributed by atoms with E-state index in [2.05, 4.69) is 10.6 Å². The topological polar surface area (TPSA) is 84.3 Å². The first kappa shape index (κ1) is 14.4. The van der Waals surface area contributed by atoms with Gasteiger partial charge in [0.05, 0.1) is 16.6 Å². The normalized spacial score (nSPS) is 17.9. The SMILES string of the molecule is O=C(NCC[C@H]1CCCN1)c1ccc([N+](=O)[O-])cc1F. The highest BCUT2D eigenvalue weighted by molar-refractivity contribution is 5.94. The van der Waals surface area contributed by atoms with E-state index in [9.17, 15) is 19.3 Å². The number of non-ortho nitro benzene ring substituents is 1. The number of nitrogens with one attached hydrogen (secondary N) is 2. The smallest absolute Gasteiger partial charge is 0.272 e. The van der Waals surface area contributed by atoms with Crippen molar-refractivity contribution in [3.63, 3.8) is 0 Å². The second kappa shape index (κ2) is 6.42. The lowest BCUT2D eigenvalue weighted by Gasteiger charge is -2.11. The molecule has 1 amide bonds. The second-order valence-corrected chi connectivity index (χ2v) is 4.76. The van der Waals surface area contributed by atoms with E-state index in [0.29, 0.717) is 12.6 Å². The maximum atomic E-state index is 13.6. The molecule has 108 valence electrons. The Kier molecular flexibility index (Phi) is 4.62. The van der Waals surface area contributed by atoms with Gasteiger partial charge in [0.1, 0.15) is 5.82 Å². The Balaban J connectivity index is 1.89. The number of carbonyl (C=O) groups excluding carboxylic acids is 1. The van der Waals surface area contributed by atoms with Gasteiger partial charge in [-0.3, -0.25) is 14.9 Å². The van der Waals surface area contributed by atoms with Crippen molar-refractivity contribution in [1.29, 1.82) is 0 Å². The van der Waals surface area contributed by atoms with Gasteiger partial charge in [-0.25, -0.2) is 4.39 Å². The van der Waals surface area contributed by atoms with E-state index >= 15 is 0 Å². The van der Waals surface area contributed by atoms with Crippen LogP contribution in [0.15, 0.2) is 18.2 Å². The molecule has 0 saturated carbocycles. The van der Waals surface area contributed by atoms with E-state index < -0.39 is 16.6 Å². The van der Waals surface area contributed by atoms with Gasteiger partial charge in [0.2, 0.25) is 0 Å². The average molecular weight is 281 g/mol. The molecule has 1 fully saturated rings.